The Hall–Kier alpha value is -0.860. The van der Waals surface area contributed by atoms with E-state index in [2.05, 4.69) is 29.2 Å². The molecular weight excluding hydrogens is 354 g/mol. The number of benzene rings is 2. The Labute approximate surface area is 121 Å². The van der Waals surface area contributed by atoms with Gasteiger partial charge >= 0.3 is 0 Å². The molecule has 0 amide bonds. The van der Waals surface area contributed by atoms with E-state index in [0.717, 1.165) is 14.2 Å². The number of halogens is 1. The first kappa shape index (κ1) is 13.6. The lowest BCUT2D eigenvalue weighted by Crippen LogP contribution is -2.18. The predicted octanol–water partition coefficient (Wildman–Crippen LogP) is 3.95. The Morgan fingerprint density at radius 1 is 0.944 bits per heavy atom. The van der Waals surface area contributed by atoms with E-state index in [1.807, 2.05) is 60.7 Å². The standard InChI is InChI=1S/C15H14IOP/c1-13(16)12-18(17,14-8-4-2-5-9-14)15-10-6-3-7-11-15/h2-11H,1,12H2. The van der Waals surface area contributed by atoms with Crippen LogP contribution in [0, 0.1) is 0 Å². The normalized spacial score (nSPS) is 11.2. The van der Waals surface area contributed by atoms with Crippen molar-refractivity contribution in [3.05, 3.63) is 70.8 Å². The molecule has 2 aromatic rings. The van der Waals surface area contributed by atoms with E-state index in [9.17, 15) is 4.57 Å². The number of hydrogen-bond donors (Lipinski definition) is 0. The van der Waals surface area contributed by atoms with E-state index in [1.165, 1.54) is 0 Å². The van der Waals surface area contributed by atoms with Gasteiger partial charge in [0.1, 0.15) is 7.14 Å². The van der Waals surface area contributed by atoms with Crippen LogP contribution < -0.4 is 10.6 Å². The molecule has 0 aliphatic rings. The van der Waals surface area contributed by atoms with Gasteiger partial charge in [0, 0.05) is 16.8 Å². The van der Waals surface area contributed by atoms with Gasteiger partial charge < -0.3 is 4.57 Å². The van der Waals surface area contributed by atoms with Crippen molar-refractivity contribution in [1.82, 2.24) is 0 Å². The first-order chi connectivity index (χ1) is 8.63. The van der Waals surface area contributed by atoms with Gasteiger partial charge in [-0.25, -0.2) is 0 Å². The molecule has 0 heterocycles. The van der Waals surface area contributed by atoms with Crippen LogP contribution in [0.25, 0.3) is 0 Å². The van der Waals surface area contributed by atoms with Crippen LogP contribution in [0.4, 0.5) is 0 Å². The molecule has 0 fully saturated rings. The van der Waals surface area contributed by atoms with Crippen molar-refractivity contribution in [2.24, 2.45) is 0 Å². The molecule has 0 radical (unpaired) electrons. The van der Waals surface area contributed by atoms with Crippen molar-refractivity contribution in [2.75, 3.05) is 6.16 Å². The monoisotopic (exact) mass is 368 g/mol. The molecule has 0 spiro atoms. The molecule has 0 bridgehead atoms. The van der Waals surface area contributed by atoms with Gasteiger partial charge in [0.25, 0.3) is 0 Å². The van der Waals surface area contributed by atoms with E-state index in [-0.39, 0.29) is 0 Å². The largest absolute Gasteiger partial charge is 0.313 e. The molecular formula is C15H14IOP. The summed E-state index contributed by atoms with van der Waals surface area (Å²) < 4.78 is 14.3. The number of rotatable bonds is 4. The molecule has 1 nitrogen and oxygen atoms in total. The molecule has 3 heteroatoms. The smallest absolute Gasteiger partial charge is 0.147 e. The fourth-order valence-electron chi connectivity index (χ4n) is 1.91. The third-order valence-electron chi connectivity index (χ3n) is 2.74. The molecule has 0 saturated heterocycles. The summed E-state index contributed by atoms with van der Waals surface area (Å²) in [6.45, 7) is 3.91. The lowest BCUT2D eigenvalue weighted by molar-refractivity contribution is 0.588. The van der Waals surface area contributed by atoms with E-state index >= 15 is 0 Å². The zero-order chi connectivity index (χ0) is 13.0. The highest BCUT2D eigenvalue weighted by molar-refractivity contribution is 14.1. The summed E-state index contributed by atoms with van der Waals surface area (Å²) in [5.41, 5.74) is 0. The van der Waals surface area contributed by atoms with Crippen LogP contribution in [0.3, 0.4) is 0 Å². The van der Waals surface area contributed by atoms with Gasteiger partial charge in [-0.1, -0.05) is 67.2 Å². The highest BCUT2D eigenvalue weighted by Crippen LogP contribution is 2.45. The molecule has 0 unspecified atom stereocenters. The molecule has 2 aromatic carbocycles. The van der Waals surface area contributed by atoms with Gasteiger partial charge in [0.2, 0.25) is 0 Å². The molecule has 0 N–H and O–H groups in total. The topological polar surface area (TPSA) is 17.1 Å². The van der Waals surface area contributed by atoms with Crippen LogP contribution >= 0.6 is 29.7 Å². The Bertz CT molecular complexity index is 534. The summed E-state index contributed by atoms with van der Waals surface area (Å²) in [6, 6.07) is 19.4. The maximum atomic E-state index is 13.4. The van der Waals surface area contributed by atoms with E-state index < -0.39 is 7.14 Å². The summed E-state index contributed by atoms with van der Waals surface area (Å²) in [4.78, 5) is 0. The van der Waals surface area contributed by atoms with Gasteiger partial charge in [-0.3, -0.25) is 0 Å². The first-order valence-electron chi connectivity index (χ1n) is 5.66. The van der Waals surface area contributed by atoms with Crippen molar-refractivity contribution < 1.29 is 4.57 Å². The molecule has 92 valence electrons. The van der Waals surface area contributed by atoms with Gasteiger partial charge in [-0.05, 0) is 26.2 Å². The lowest BCUT2D eigenvalue weighted by atomic mass is 10.4. The van der Waals surface area contributed by atoms with Crippen molar-refractivity contribution >= 4 is 40.3 Å². The SMILES string of the molecule is C=C(I)CP(=O)(c1ccccc1)c1ccccc1. The number of hydrogen-bond acceptors (Lipinski definition) is 1. The zero-order valence-corrected chi connectivity index (χ0v) is 13.0. The third kappa shape index (κ3) is 2.93. The zero-order valence-electron chi connectivity index (χ0n) is 9.92. The minimum atomic E-state index is -2.59. The first-order valence-corrected chi connectivity index (χ1v) is 8.63. The van der Waals surface area contributed by atoms with Crippen LogP contribution in [0.2, 0.25) is 0 Å². The van der Waals surface area contributed by atoms with Gasteiger partial charge in [-0.2, -0.15) is 0 Å². The maximum Gasteiger partial charge on any atom is 0.147 e. The summed E-state index contributed by atoms with van der Waals surface area (Å²) in [7, 11) is -2.59. The Morgan fingerprint density at radius 2 is 1.33 bits per heavy atom. The molecule has 2 rings (SSSR count). The quantitative estimate of drug-likeness (QED) is 0.590. The van der Waals surface area contributed by atoms with E-state index in [1.54, 1.807) is 0 Å². The van der Waals surface area contributed by atoms with Gasteiger partial charge in [-0.15, -0.1) is 0 Å². The highest BCUT2D eigenvalue weighted by Gasteiger charge is 2.27. The van der Waals surface area contributed by atoms with Gasteiger partial charge in [0.05, 0.1) is 0 Å². The summed E-state index contributed by atoms with van der Waals surface area (Å²) >= 11 is 2.15. The predicted molar refractivity (Wildman–Crippen MR) is 87.8 cm³/mol. The van der Waals surface area contributed by atoms with Crippen LogP contribution in [-0.2, 0) is 4.57 Å². The van der Waals surface area contributed by atoms with Crippen molar-refractivity contribution in [2.45, 2.75) is 0 Å². The van der Waals surface area contributed by atoms with Crippen LogP contribution in [-0.4, -0.2) is 6.16 Å². The lowest BCUT2D eigenvalue weighted by Gasteiger charge is -2.18. The molecule has 0 aromatic heterocycles. The van der Waals surface area contributed by atoms with E-state index in [4.69, 9.17) is 0 Å². The average molecular weight is 368 g/mol. The minimum absolute atomic E-state index is 0.515. The Balaban J connectivity index is 2.55. The van der Waals surface area contributed by atoms with Gasteiger partial charge in [0.15, 0.2) is 0 Å². The highest BCUT2D eigenvalue weighted by atomic mass is 127. The van der Waals surface area contributed by atoms with Crippen molar-refractivity contribution in [1.29, 1.82) is 0 Å². The molecule has 0 atom stereocenters. The van der Waals surface area contributed by atoms with Crippen molar-refractivity contribution in [3.63, 3.8) is 0 Å². The second-order valence-corrected chi connectivity index (χ2v) is 8.44. The van der Waals surface area contributed by atoms with Crippen LogP contribution in [0.5, 0.6) is 0 Å². The summed E-state index contributed by atoms with van der Waals surface area (Å²) in [5, 5.41) is 1.79. The maximum absolute atomic E-state index is 13.4. The molecule has 0 aliphatic heterocycles. The molecule has 0 aliphatic carbocycles. The molecule has 0 saturated carbocycles. The Kier molecular flexibility index (Phi) is 4.41. The van der Waals surface area contributed by atoms with E-state index in [0.29, 0.717) is 6.16 Å². The summed E-state index contributed by atoms with van der Waals surface area (Å²) in [5.74, 6) is 0. The second-order valence-electron chi connectivity index (χ2n) is 4.09. The Morgan fingerprint density at radius 3 is 1.67 bits per heavy atom. The average Bonchev–Trinajstić information content (AvgIpc) is 2.40. The molecule has 18 heavy (non-hydrogen) atoms. The summed E-state index contributed by atoms with van der Waals surface area (Å²) in [6.07, 6.45) is 0.515. The van der Waals surface area contributed by atoms with Crippen molar-refractivity contribution in [3.8, 4) is 0 Å². The fourth-order valence-corrected chi connectivity index (χ4v) is 5.81. The fraction of sp³-hybridized carbons (Fsp3) is 0.0667. The third-order valence-corrected chi connectivity index (χ3v) is 6.82. The van der Waals surface area contributed by atoms with Crippen LogP contribution in [0.15, 0.2) is 70.8 Å². The number of allylic oxidation sites excluding steroid dienone is 1. The van der Waals surface area contributed by atoms with Crippen LogP contribution in [0.1, 0.15) is 0 Å². The second kappa shape index (κ2) is 5.85. The minimum Gasteiger partial charge on any atom is -0.313 e.